The largest absolute Gasteiger partial charge is 0.236 e. The van der Waals surface area contributed by atoms with Gasteiger partial charge in [-0.25, -0.2) is 4.98 Å². The molecule has 0 aliphatic heterocycles. The first-order chi connectivity index (χ1) is 12.3. The van der Waals surface area contributed by atoms with E-state index in [4.69, 9.17) is 4.98 Å². The third-order valence-corrected chi connectivity index (χ3v) is 8.13. The first kappa shape index (κ1) is 19.4. The Labute approximate surface area is 166 Å². The zero-order valence-corrected chi connectivity index (χ0v) is 18.4. The van der Waals surface area contributed by atoms with Crippen LogP contribution < -0.4 is 0 Å². The molecule has 1 nitrogen and oxygen atoms in total. The van der Waals surface area contributed by atoms with Crippen molar-refractivity contribution in [1.82, 2.24) is 4.98 Å². The summed E-state index contributed by atoms with van der Waals surface area (Å²) in [6.07, 6.45) is 1.15. The maximum atomic E-state index is 5.01. The fraction of sp³-hybridized carbons (Fsp3) is 0.435. The van der Waals surface area contributed by atoms with Gasteiger partial charge in [0, 0.05) is 10.5 Å². The van der Waals surface area contributed by atoms with Gasteiger partial charge in [-0.15, -0.1) is 23.1 Å². The van der Waals surface area contributed by atoms with E-state index in [1.54, 1.807) is 11.3 Å². The van der Waals surface area contributed by atoms with E-state index < -0.39 is 0 Å². The predicted molar refractivity (Wildman–Crippen MR) is 119 cm³/mol. The van der Waals surface area contributed by atoms with Gasteiger partial charge in [-0.3, -0.25) is 0 Å². The van der Waals surface area contributed by atoms with Crippen molar-refractivity contribution in [2.75, 3.05) is 5.75 Å². The van der Waals surface area contributed by atoms with Crippen LogP contribution >= 0.6 is 23.1 Å². The van der Waals surface area contributed by atoms with Crippen LogP contribution in [0.15, 0.2) is 47.4 Å². The van der Waals surface area contributed by atoms with Crippen LogP contribution in [0.5, 0.6) is 0 Å². The molecule has 3 rings (SSSR count). The second-order valence-corrected chi connectivity index (χ2v) is 10.3. The predicted octanol–water partition coefficient (Wildman–Crippen LogP) is 7.79. The second kappa shape index (κ2) is 7.36. The number of rotatable bonds is 6. The summed E-state index contributed by atoms with van der Waals surface area (Å²) in [5.41, 5.74) is 4.11. The average Bonchev–Trinajstić information content (AvgIpc) is 3.05. The van der Waals surface area contributed by atoms with E-state index in [0.717, 1.165) is 22.7 Å². The van der Waals surface area contributed by atoms with E-state index >= 15 is 0 Å². The second-order valence-electron chi connectivity index (χ2n) is 7.99. The molecule has 0 N–H and O–H groups in total. The van der Waals surface area contributed by atoms with Crippen LogP contribution in [0.2, 0.25) is 0 Å². The fourth-order valence-electron chi connectivity index (χ4n) is 3.19. The lowest BCUT2D eigenvalue weighted by atomic mass is 9.63. The third kappa shape index (κ3) is 3.44. The highest BCUT2D eigenvalue weighted by Gasteiger charge is 2.37. The Morgan fingerprint density at radius 2 is 1.73 bits per heavy atom. The van der Waals surface area contributed by atoms with Gasteiger partial charge in [-0.2, -0.15) is 0 Å². The number of thiazole rings is 1. The van der Waals surface area contributed by atoms with Gasteiger partial charge in [-0.05, 0) is 40.3 Å². The van der Waals surface area contributed by atoms with Crippen LogP contribution in [0.3, 0.4) is 0 Å². The summed E-state index contributed by atoms with van der Waals surface area (Å²) in [5, 5.41) is 1.13. The summed E-state index contributed by atoms with van der Waals surface area (Å²) < 4.78 is 1.27. The van der Waals surface area contributed by atoms with Crippen molar-refractivity contribution in [3.8, 4) is 10.6 Å². The van der Waals surface area contributed by atoms with Crippen LogP contribution in [-0.4, -0.2) is 10.7 Å². The highest BCUT2D eigenvalue weighted by Crippen LogP contribution is 2.45. The number of benzene rings is 2. The Morgan fingerprint density at radius 3 is 2.42 bits per heavy atom. The van der Waals surface area contributed by atoms with Crippen LogP contribution in [-0.2, 0) is 5.41 Å². The van der Waals surface area contributed by atoms with Crippen molar-refractivity contribution >= 4 is 33.3 Å². The molecule has 0 spiro atoms. The maximum Gasteiger partial charge on any atom is 0.125 e. The topological polar surface area (TPSA) is 12.9 Å². The molecular formula is C23H29NS2. The zero-order chi connectivity index (χ0) is 18.9. The normalized spacial score (nSPS) is 12.7. The Balaban J connectivity index is 2.07. The molecule has 2 aromatic carbocycles. The summed E-state index contributed by atoms with van der Waals surface area (Å²) in [6.45, 7) is 13.9. The van der Waals surface area contributed by atoms with E-state index in [9.17, 15) is 0 Å². The third-order valence-electron chi connectivity index (χ3n) is 6.10. The lowest BCUT2D eigenvalue weighted by Crippen LogP contribution is -2.35. The number of thioether (sulfide) groups is 1. The zero-order valence-electron chi connectivity index (χ0n) is 16.7. The smallest absolute Gasteiger partial charge is 0.125 e. The van der Waals surface area contributed by atoms with Gasteiger partial charge in [0.25, 0.3) is 0 Å². The van der Waals surface area contributed by atoms with Crippen LogP contribution in [0.25, 0.3) is 20.8 Å². The van der Waals surface area contributed by atoms with Crippen molar-refractivity contribution in [3.05, 3.63) is 48.0 Å². The maximum absolute atomic E-state index is 5.01. The molecule has 0 atom stereocenters. The number of hydrogen-bond donors (Lipinski definition) is 0. The molecule has 3 heteroatoms. The van der Waals surface area contributed by atoms with E-state index in [1.807, 2.05) is 11.8 Å². The van der Waals surface area contributed by atoms with Crippen LogP contribution in [0.1, 0.15) is 53.5 Å². The van der Waals surface area contributed by atoms with Gasteiger partial charge in [0.05, 0.1) is 10.2 Å². The van der Waals surface area contributed by atoms with E-state index in [0.29, 0.717) is 0 Å². The molecule has 0 saturated carbocycles. The van der Waals surface area contributed by atoms with Crippen molar-refractivity contribution in [3.63, 3.8) is 0 Å². The minimum Gasteiger partial charge on any atom is -0.236 e. The van der Waals surface area contributed by atoms with Gasteiger partial charge in [0.1, 0.15) is 5.01 Å². The fourth-order valence-corrected chi connectivity index (χ4v) is 5.04. The molecule has 26 heavy (non-hydrogen) atoms. The van der Waals surface area contributed by atoms with Crippen molar-refractivity contribution < 1.29 is 0 Å². The molecule has 1 aromatic heterocycles. The number of fused-ring (bicyclic) bond motifs is 1. The molecule has 0 amide bonds. The Bertz CT molecular complexity index is 905. The molecule has 3 aromatic rings. The summed E-state index contributed by atoms with van der Waals surface area (Å²) in [7, 11) is 0. The first-order valence-corrected chi connectivity index (χ1v) is 11.2. The molecule has 0 aliphatic carbocycles. The van der Waals surface area contributed by atoms with Gasteiger partial charge < -0.3 is 0 Å². The average molecular weight is 384 g/mol. The minimum absolute atomic E-state index is 0.107. The standard InChI is InChI=1S/C23H29NS2/c1-7-22(3,4)23(5,6)16-13-14-20-18(15-16)24-21(26-20)17-11-9-10-12-19(17)25-8-2/h9-15H,7-8H2,1-6H3. The highest BCUT2D eigenvalue weighted by atomic mass is 32.2. The Morgan fingerprint density at radius 1 is 1.00 bits per heavy atom. The molecule has 0 aliphatic rings. The Kier molecular flexibility index (Phi) is 5.50. The summed E-state index contributed by atoms with van der Waals surface area (Å²) in [4.78, 5) is 6.33. The van der Waals surface area contributed by atoms with Crippen molar-refractivity contribution in [2.45, 2.75) is 58.3 Å². The molecule has 0 radical (unpaired) electrons. The summed E-state index contributed by atoms with van der Waals surface area (Å²) >= 11 is 3.69. The number of nitrogens with zero attached hydrogens (tertiary/aromatic N) is 1. The minimum atomic E-state index is 0.107. The van der Waals surface area contributed by atoms with E-state index in [1.165, 1.54) is 20.7 Å². The Hall–Kier alpha value is -1.32. The first-order valence-electron chi connectivity index (χ1n) is 9.43. The van der Waals surface area contributed by atoms with Gasteiger partial charge in [-0.1, -0.05) is 72.2 Å². The highest BCUT2D eigenvalue weighted by molar-refractivity contribution is 7.99. The van der Waals surface area contributed by atoms with Crippen molar-refractivity contribution in [2.24, 2.45) is 5.41 Å². The lowest BCUT2D eigenvalue weighted by Gasteiger charge is -2.41. The van der Waals surface area contributed by atoms with Crippen LogP contribution in [0.4, 0.5) is 0 Å². The van der Waals surface area contributed by atoms with E-state index in [2.05, 4.69) is 84.0 Å². The van der Waals surface area contributed by atoms with Crippen molar-refractivity contribution in [1.29, 1.82) is 0 Å². The number of hydrogen-bond acceptors (Lipinski definition) is 3. The summed E-state index contributed by atoms with van der Waals surface area (Å²) in [5.74, 6) is 1.08. The van der Waals surface area contributed by atoms with Gasteiger partial charge in [0.2, 0.25) is 0 Å². The molecule has 0 fully saturated rings. The molecule has 138 valence electrons. The monoisotopic (exact) mass is 383 g/mol. The van der Waals surface area contributed by atoms with E-state index in [-0.39, 0.29) is 10.8 Å². The SMILES string of the molecule is CCSc1ccccc1-c1nc2cc(C(C)(C)C(C)(C)CC)ccc2s1. The molecule has 1 heterocycles. The molecule has 0 bridgehead atoms. The van der Waals surface area contributed by atoms with Crippen LogP contribution in [0, 0.1) is 5.41 Å². The molecule has 0 unspecified atom stereocenters. The summed E-state index contributed by atoms with van der Waals surface area (Å²) in [6, 6.07) is 15.5. The molecular weight excluding hydrogens is 354 g/mol. The van der Waals surface area contributed by atoms with Gasteiger partial charge in [0.15, 0.2) is 0 Å². The lowest BCUT2D eigenvalue weighted by molar-refractivity contribution is 0.189. The number of aromatic nitrogens is 1. The quantitative estimate of drug-likeness (QED) is 0.403. The van der Waals surface area contributed by atoms with Gasteiger partial charge >= 0.3 is 0 Å². The molecule has 0 saturated heterocycles.